The first kappa shape index (κ1) is 16.7. The van der Waals surface area contributed by atoms with Crippen LogP contribution in [-0.2, 0) is 6.54 Å². The molecule has 3 aliphatic rings. The minimum Gasteiger partial charge on any atom is -0.335 e. The molecule has 0 aromatic carbocycles. The van der Waals surface area contributed by atoms with E-state index >= 15 is 0 Å². The zero-order chi connectivity index (χ0) is 18.1. The molecule has 0 aliphatic carbocycles. The van der Waals surface area contributed by atoms with Gasteiger partial charge in [0.1, 0.15) is 5.69 Å². The molecule has 0 unspecified atom stereocenters. The second-order valence-electron chi connectivity index (χ2n) is 7.06. The summed E-state index contributed by atoms with van der Waals surface area (Å²) < 4.78 is 0. The van der Waals surface area contributed by atoms with E-state index in [4.69, 9.17) is 0 Å². The summed E-state index contributed by atoms with van der Waals surface area (Å²) in [5.41, 5.74) is 0.198. The van der Waals surface area contributed by atoms with Crippen molar-refractivity contribution >= 4 is 5.91 Å². The third-order valence-electron chi connectivity index (χ3n) is 5.19. The molecule has 0 spiro atoms. The maximum atomic E-state index is 12.8. The lowest BCUT2D eigenvalue weighted by Gasteiger charge is -2.35. The fraction of sp³-hybridized carbons (Fsp3) is 0.444. The molecule has 3 saturated heterocycles. The molecule has 8 heteroatoms. The molecule has 3 aliphatic heterocycles. The van der Waals surface area contributed by atoms with Gasteiger partial charge in [0, 0.05) is 50.2 Å². The smallest absolute Gasteiger partial charge is 0.325 e. The summed E-state index contributed by atoms with van der Waals surface area (Å²) in [6, 6.07) is 7.00. The topological polar surface area (TPSA) is 102 Å². The number of aromatic nitrogens is 3. The first-order chi connectivity index (χ1) is 12.6. The highest BCUT2D eigenvalue weighted by Crippen LogP contribution is 2.29. The van der Waals surface area contributed by atoms with Gasteiger partial charge in [0.05, 0.1) is 0 Å². The van der Waals surface area contributed by atoms with Crippen LogP contribution in [0.15, 0.2) is 40.1 Å². The Morgan fingerprint density at radius 2 is 2.04 bits per heavy atom. The largest absolute Gasteiger partial charge is 0.335 e. The molecular formula is C18H21N5O3. The van der Waals surface area contributed by atoms with Crippen molar-refractivity contribution in [3.8, 4) is 0 Å². The fourth-order valence-corrected chi connectivity index (χ4v) is 4.01. The molecule has 5 rings (SSSR count). The number of piperidine rings is 1. The average molecular weight is 355 g/mol. The Balaban J connectivity index is 1.52. The van der Waals surface area contributed by atoms with Crippen LogP contribution in [0, 0.1) is 5.92 Å². The Bertz CT molecular complexity index is 879. The van der Waals surface area contributed by atoms with Crippen molar-refractivity contribution in [3.05, 3.63) is 62.7 Å². The quantitative estimate of drug-likeness (QED) is 0.819. The normalized spacial score (nSPS) is 23.0. The lowest BCUT2D eigenvalue weighted by Crippen LogP contribution is -2.44. The molecular weight excluding hydrogens is 334 g/mol. The number of H-pyrrole nitrogens is 2. The summed E-state index contributed by atoms with van der Waals surface area (Å²) >= 11 is 0. The Morgan fingerprint density at radius 1 is 1.15 bits per heavy atom. The lowest BCUT2D eigenvalue weighted by atomic mass is 9.95. The van der Waals surface area contributed by atoms with Crippen molar-refractivity contribution in [3.63, 3.8) is 0 Å². The van der Waals surface area contributed by atoms with E-state index in [-0.39, 0.29) is 11.9 Å². The van der Waals surface area contributed by atoms with Gasteiger partial charge in [0.15, 0.2) is 0 Å². The predicted octanol–water partition coefficient (Wildman–Crippen LogP) is 0.195. The van der Waals surface area contributed by atoms with Gasteiger partial charge in [-0.3, -0.25) is 24.5 Å². The lowest BCUT2D eigenvalue weighted by molar-refractivity contribution is 0.0729. The monoisotopic (exact) mass is 355 g/mol. The van der Waals surface area contributed by atoms with Crippen LogP contribution in [0.3, 0.4) is 0 Å². The van der Waals surface area contributed by atoms with Crippen molar-refractivity contribution in [2.24, 2.45) is 5.92 Å². The molecule has 2 N–H and O–H groups in total. The van der Waals surface area contributed by atoms with Crippen LogP contribution in [0.4, 0.5) is 0 Å². The van der Waals surface area contributed by atoms with Gasteiger partial charge in [0.25, 0.3) is 11.5 Å². The van der Waals surface area contributed by atoms with Gasteiger partial charge < -0.3 is 9.88 Å². The highest BCUT2D eigenvalue weighted by Gasteiger charge is 2.36. The molecule has 1 amide bonds. The number of hydrogen-bond donors (Lipinski definition) is 2. The van der Waals surface area contributed by atoms with Crippen LogP contribution in [0.2, 0.25) is 0 Å². The molecule has 0 saturated carbocycles. The summed E-state index contributed by atoms with van der Waals surface area (Å²) in [7, 11) is 0. The SMILES string of the molecule is O=C(c1ccccn1)N1C[C@@H]2CC[C@H](C1)N(Cc1cc(=O)[nH]c(=O)[nH]1)C2. The first-order valence-corrected chi connectivity index (χ1v) is 8.85. The number of amides is 1. The standard InChI is InChI=1S/C18H21N5O3/c24-16-7-13(20-18(26)21-16)10-22-8-12-4-5-14(22)11-23(9-12)17(25)15-3-1-2-6-19-15/h1-3,6-7,12,14H,4-5,8-11H2,(H2,20,21,24,26)/t12-,14-/m1/s1. The van der Waals surface area contributed by atoms with Crippen molar-refractivity contribution < 1.29 is 4.79 Å². The molecule has 0 radical (unpaired) electrons. The van der Waals surface area contributed by atoms with Crippen LogP contribution in [0.1, 0.15) is 29.0 Å². The van der Waals surface area contributed by atoms with E-state index in [1.165, 1.54) is 6.07 Å². The molecule has 2 aromatic heterocycles. The van der Waals surface area contributed by atoms with Gasteiger partial charge in [-0.05, 0) is 30.9 Å². The van der Waals surface area contributed by atoms with Crippen molar-refractivity contribution in [1.29, 1.82) is 0 Å². The number of rotatable bonds is 3. The van der Waals surface area contributed by atoms with Crippen LogP contribution in [-0.4, -0.2) is 56.3 Å². The predicted molar refractivity (Wildman–Crippen MR) is 94.7 cm³/mol. The Hall–Kier alpha value is -2.74. The molecule has 5 heterocycles. The number of nitrogens with zero attached hydrogens (tertiary/aromatic N) is 3. The number of carbonyl (C=O) groups is 1. The molecule has 3 fully saturated rings. The summed E-state index contributed by atoms with van der Waals surface area (Å²) in [5, 5.41) is 0. The third kappa shape index (κ3) is 3.45. The molecule has 8 nitrogen and oxygen atoms in total. The molecule has 2 atom stereocenters. The number of carbonyl (C=O) groups excluding carboxylic acids is 1. The van der Waals surface area contributed by atoms with Gasteiger partial charge in [-0.15, -0.1) is 0 Å². The van der Waals surface area contributed by atoms with Crippen molar-refractivity contribution in [2.75, 3.05) is 19.6 Å². The molecule has 2 bridgehead atoms. The minimum atomic E-state index is -0.487. The van der Waals surface area contributed by atoms with Gasteiger partial charge >= 0.3 is 5.69 Å². The van der Waals surface area contributed by atoms with E-state index in [1.807, 2.05) is 11.0 Å². The Labute approximate surface area is 149 Å². The van der Waals surface area contributed by atoms with Crippen molar-refractivity contribution in [2.45, 2.75) is 25.4 Å². The minimum absolute atomic E-state index is 0.0334. The molecule has 2 aromatic rings. The fourth-order valence-electron chi connectivity index (χ4n) is 4.01. The third-order valence-corrected chi connectivity index (χ3v) is 5.19. The summed E-state index contributed by atoms with van der Waals surface area (Å²) in [6.45, 7) is 2.71. The van der Waals surface area contributed by atoms with Gasteiger partial charge in [0.2, 0.25) is 0 Å². The molecule has 136 valence electrons. The number of aromatic amines is 2. The van der Waals surface area contributed by atoms with E-state index in [0.29, 0.717) is 36.9 Å². The Morgan fingerprint density at radius 3 is 2.81 bits per heavy atom. The van der Waals surface area contributed by atoms with Crippen molar-refractivity contribution in [1.82, 2.24) is 24.8 Å². The second kappa shape index (κ2) is 6.87. The number of fused-ring (bicyclic) bond motifs is 4. The van der Waals surface area contributed by atoms with Gasteiger partial charge in [-0.25, -0.2) is 4.79 Å². The summed E-state index contributed by atoms with van der Waals surface area (Å²) in [4.78, 5) is 49.0. The Kier molecular flexibility index (Phi) is 4.42. The number of nitrogens with one attached hydrogen (secondary N) is 2. The van der Waals surface area contributed by atoms with E-state index in [1.54, 1.807) is 18.3 Å². The summed E-state index contributed by atoms with van der Waals surface area (Å²) in [6.07, 6.45) is 3.72. The maximum absolute atomic E-state index is 12.8. The zero-order valence-electron chi connectivity index (χ0n) is 14.4. The van der Waals surface area contributed by atoms with Gasteiger partial charge in [-0.2, -0.15) is 0 Å². The highest BCUT2D eigenvalue weighted by atomic mass is 16.2. The van der Waals surface area contributed by atoms with E-state index in [2.05, 4.69) is 19.9 Å². The summed E-state index contributed by atoms with van der Waals surface area (Å²) in [5.74, 6) is 0.351. The highest BCUT2D eigenvalue weighted by molar-refractivity contribution is 5.92. The van der Waals surface area contributed by atoms with E-state index < -0.39 is 11.2 Å². The van der Waals surface area contributed by atoms with Crippen LogP contribution in [0.5, 0.6) is 0 Å². The number of pyridine rings is 1. The van der Waals surface area contributed by atoms with E-state index in [9.17, 15) is 14.4 Å². The average Bonchev–Trinajstić information content (AvgIpc) is 2.93. The van der Waals surface area contributed by atoms with Crippen LogP contribution >= 0.6 is 0 Å². The first-order valence-electron chi connectivity index (χ1n) is 8.85. The maximum Gasteiger partial charge on any atom is 0.325 e. The number of hydrogen-bond acceptors (Lipinski definition) is 5. The van der Waals surface area contributed by atoms with E-state index in [0.717, 1.165) is 19.4 Å². The second-order valence-corrected chi connectivity index (χ2v) is 7.06. The van der Waals surface area contributed by atoms with Gasteiger partial charge in [-0.1, -0.05) is 6.07 Å². The van der Waals surface area contributed by atoms with Crippen LogP contribution in [0.25, 0.3) is 0 Å². The molecule has 26 heavy (non-hydrogen) atoms. The zero-order valence-corrected chi connectivity index (χ0v) is 14.4. The van der Waals surface area contributed by atoms with Crippen LogP contribution < -0.4 is 11.2 Å².